The minimum Gasteiger partial charge on any atom is -0.493 e. The first-order valence-corrected chi connectivity index (χ1v) is 7.64. The summed E-state index contributed by atoms with van der Waals surface area (Å²) in [5.74, 6) is 1.03. The molecule has 1 fully saturated rings. The van der Waals surface area contributed by atoms with Crippen LogP contribution in [0.2, 0.25) is 0 Å². The normalized spacial score (nSPS) is 23.3. The Hall–Kier alpha value is -1.06. The lowest BCUT2D eigenvalue weighted by Crippen LogP contribution is -3.27. The third-order valence-electron chi connectivity index (χ3n) is 4.06. The highest BCUT2D eigenvalue weighted by Crippen LogP contribution is 2.13. The SMILES string of the molecule is CCc1cccc(OCCC[NH+]2CC[NH+](C)CC2)c1. The van der Waals surface area contributed by atoms with Crippen molar-refractivity contribution >= 4 is 0 Å². The van der Waals surface area contributed by atoms with Crippen LogP contribution in [-0.2, 0) is 6.42 Å². The summed E-state index contributed by atoms with van der Waals surface area (Å²) in [5, 5.41) is 0. The van der Waals surface area contributed by atoms with Crippen molar-refractivity contribution in [3.63, 3.8) is 0 Å². The first-order chi connectivity index (χ1) is 9.28. The second kappa shape index (κ2) is 7.51. The van der Waals surface area contributed by atoms with Gasteiger partial charge < -0.3 is 14.5 Å². The van der Waals surface area contributed by atoms with Crippen molar-refractivity contribution in [1.29, 1.82) is 0 Å². The number of piperazine rings is 1. The largest absolute Gasteiger partial charge is 0.493 e. The maximum atomic E-state index is 5.84. The molecule has 1 heterocycles. The number of benzene rings is 1. The zero-order valence-electron chi connectivity index (χ0n) is 12.4. The smallest absolute Gasteiger partial charge is 0.127 e. The molecule has 0 atom stereocenters. The summed E-state index contributed by atoms with van der Waals surface area (Å²) in [6.45, 7) is 9.54. The summed E-state index contributed by atoms with van der Waals surface area (Å²) in [6.07, 6.45) is 2.23. The molecule has 3 heteroatoms. The van der Waals surface area contributed by atoms with E-state index in [1.807, 2.05) is 0 Å². The Morgan fingerprint density at radius 2 is 1.95 bits per heavy atom. The van der Waals surface area contributed by atoms with Crippen molar-refractivity contribution in [1.82, 2.24) is 0 Å². The molecule has 0 spiro atoms. The van der Waals surface area contributed by atoms with Gasteiger partial charge in [0.05, 0.1) is 20.2 Å². The van der Waals surface area contributed by atoms with Crippen LogP contribution in [0, 0.1) is 0 Å². The van der Waals surface area contributed by atoms with E-state index in [0.29, 0.717) is 0 Å². The van der Waals surface area contributed by atoms with Crippen molar-refractivity contribution in [3.8, 4) is 5.75 Å². The summed E-state index contributed by atoms with van der Waals surface area (Å²) in [7, 11) is 2.29. The fraction of sp³-hybridized carbons (Fsp3) is 0.625. The van der Waals surface area contributed by atoms with Gasteiger partial charge in [0, 0.05) is 6.42 Å². The molecule has 1 saturated heterocycles. The molecule has 0 radical (unpaired) electrons. The number of aryl methyl sites for hydroxylation is 1. The Labute approximate surface area is 117 Å². The lowest BCUT2D eigenvalue weighted by Gasteiger charge is -2.27. The predicted octanol–water partition coefficient (Wildman–Crippen LogP) is -0.569. The van der Waals surface area contributed by atoms with Crippen molar-refractivity contribution < 1.29 is 14.5 Å². The van der Waals surface area contributed by atoms with E-state index < -0.39 is 0 Å². The Balaban J connectivity index is 1.63. The zero-order chi connectivity index (χ0) is 13.5. The molecular weight excluding hydrogens is 236 g/mol. The maximum Gasteiger partial charge on any atom is 0.127 e. The molecule has 1 aromatic carbocycles. The molecule has 3 nitrogen and oxygen atoms in total. The fourth-order valence-corrected chi connectivity index (χ4v) is 2.65. The molecule has 19 heavy (non-hydrogen) atoms. The van der Waals surface area contributed by atoms with Crippen LogP contribution in [-0.4, -0.2) is 46.4 Å². The van der Waals surface area contributed by atoms with Crippen LogP contribution < -0.4 is 14.5 Å². The van der Waals surface area contributed by atoms with Gasteiger partial charge in [-0.2, -0.15) is 0 Å². The van der Waals surface area contributed by atoms with Crippen LogP contribution in [0.15, 0.2) is 24.3 Å². The van der Waals surface area contributed by atoms with Gasteiger partial charge in [-0.3, -0.25) is 0 Å². The lowest BCUT2D eigenvalue weighted by molar-refractivity contribution is -1.00. The summed E-state index contributed by atoms with van der Waals surface area (Å²) >= 11 is 0. The Kier molecular flexibility index (Phi) is 5.67. The van der Waals surface area contributed by atoms with Crippen LogP contribution in [0.3, 0.4) is 0 Å². The molecule has 2 N–H and O–H groups in total. The van der Waals surface area contributed by atoms with E-state index in [9.17, 15) is 0 Å². The molecule has 0 amide bonds. The summed E-state index contributed by atoms with van der Waals surface area (Å²) in [4.78, 5) is 3.42. The molecule has 0 saturated carbocycles. The van der Waals surface area contributed by atoms with E-state index >= 15 is 0 Å². The Morgan fingerprint density at radius 1 is 1.16 bits per heavy atom. The van der Waals surface area contributed by atoms with Crippen LogP contribution >= 0.6 is 0 Å². The highest BCUT2D eigenvalue weighted by molar-refractivity contribution is 5.28. The van der Waals surface area contributed by atoms with Crippen LogP contribution in [0.25, 0.3) is 0 Å². The van der Waals surface area contributed by atoms with Crippen molar-refractivity contribution in [2.45, 2.75) is 19.8 Å². The van der Waals surface area contributed by atoms with Crippen LogP contribution in [0.1, 0.15) is 18.9 Å². The number of hydrogen-bond acceptors (Lipinski definition) is 1. The Bertz CT molecular complexity index is 373. The van der Waals surface area contributed by atoms with Gasteiger partial charge in [0.1, 0.15) is 31.9 Å². The first kappa shape index (κ1) is 14.4. The average molecular weight is 264 g/mol. The maximum absolute atomic E-state index is 5.84. The summed E-state index contributed by atoms with van der Waals surface area (Å²) in [5.41, 5.74) is 1.35. The van der Waals surface area contributed by atoms with Crippen molar-refractivity contribution in [3.05, 3.63) is 29.8 Å². The van der Waals surface area contributed by atoms with E-state index in [2.05, 4.69) is 38.2 Å². The standard InChI is InChI=1S/C16H26N2O/c1-3-15-6-4-7-16(14-15)19-13-5-8-18-11-9-17(2)10-12-18/h4,6-7,14H,3,5,8-13H2,1-2H3/p+2. The monoisotopic (exact) mass is 264 g/mol. The second-order valence-electron chi connectivity index (χ2n) is 5.66. The number of likely N-dealkylation sites (N-methyl/N-ethyl adjacent to an activating group) is 1. The number of ether oxygens (including phenoxy) is 1. The summed E-state index contributed by atoms with van der Waals surface area (Å²) < 4.78 is 5.84. The van der Waals surface area contributed by atoms with Gasteiger partial charge in [0.25, 0.3) is 0 Å². The van der Waals surface area contributed by atoms with Gasteiger partial charge in [-0.05, 0) is 24.1 Å². The predicted molar refractivity (Wildman–Crippen MR) is 78.1 cm³/mol. The van der Waals surface area contributed by atoms with E-state index in [0.717, 1.165) is 25.2 Å². The molecule has 106 valence electrons. The molecule has 1 aliphatic rings. The molecule has 1 aromatic rings. The molecular formula is C16H28N2O+2. The van der Waals surface area contributed by atoms with Crippen molar-refractivity contribution in [2.75, 3.05) is 46.4 Å². The fourth-order valence-electron chi connectivity index (χ4n) is 2.65. The van der Waals surface area contributed by atoms with E-state index in [-0.39, 0.29) is 0 Å². The molecule has 0 unspecified atom stereocenters. The van der Waals surface area contributed by atoms with E-state index in [1.54, 1.807) is 9.80 Å². The van der Waals surface area contributed by atoms with E-state index in [4.69, 9.17) is 4.74 Å². The molecule has 0 bridgehead atoms. The van der Waals surface area contributed by atoms with Gasteiger partial charge in [-0.1, -0.05) is 19.1 Å². The van der Waals surface area contributed by atoms with Gasteiger partial charge in [-0.25, -0.2) is 0 Å². The topological polar surface area (TPSA) is 18.1 Å². The number of rotatable bonds is 6. The summed E-state index contributed by atoms with van der Waals surface area (Å²) in [6, 6.07) is 8.46. The third kappa shape index (κ3) is 4.84. The zero-order valence-corrected chi connectivity index (χ0v) is 12.4. The third-order valence-corrected chi connectivity index (χ3v) is 4.06. The van der Waals surface area contributed by atoms with Gasteiger partial charge >= 0.3 is 0 Å². The highest BCUT2D eigenvalue weighted by Gasteiger charge is 2.18. The first-order valence-electron chi connectivity index (χ1n) is 7.64. The molecule has 2 rings (SSSR count). The lowest BCUT2D eigenvalue weighted by atomic mass is 10.2. The van der Waals surface area contributed by atoms with Gasteiger partial charge in [-0.15, -0.1) is 0 Å². The number of nitrogens with one attached hydrogen (secondary N) is 2. The number of quaternary nitrogens is 2. The van der Waals surface area contributed by atoms with E-state index in [1.165, 1.54) is 38.3 Å². The van der Waals surface area contributed by atoms with Gasteiger partial charge in [0.15, 0.2) is 0 Å². The quantitative estimate of drug-likeness (QED) is 0.659. The second-order valence-corrected chi connectivity index (χ2v) is 5.66. The minimum atomic E-state index is 0.847. The van der Waals surface area contributed by atoms with Gasteiger partial charge in [0.2, 0.25) is 0 Å². The van der Waals surface area contributed by atoms with Crippen molar-refractivity contribution in [2.24, 2.45) is 0 Å². The molecule has 1 aliphatic heterocycles. The minimum absolute atomic E-state index is 0.847. The highest BCUT2D eigenvalue weighted by atomic mass is 16.5. The molecule has 0 aliphatic carbocycles. The van der Waals surface area contributed by atoms with Crippen LogP contribution in [0.4, 0.5) is 0 Å². The van der Waals surface area contributed by atoms with Crippen LogP contribution in [0.5, 0.6) is 5.75 Å². The molecule has 0 aromatic heterocycles. The Morgan fingerprint density at radius 3 is 2.68 bits per heavy atom. The average Bonchev–Trinajstić information content (AvgIpc) is 2.46. The number of hydrogen-bond donors (Lipinski definition) is 2.